The van der Waals surface area contributed by atoms with Crippen molar-refractivity contribution in [2.45, 2.75) is 20.4 Å². The molecule has 3 aromatic rings. The van der Waals surface area contributed by atoms with Gasteiger partial charge >= 0.3 is 0 Å². The third kappa shape index (κ3) is 5.35. The highest BCUT2D eigenvalue weighted by Gasteiger charge is 2.12. The van der Waals surface area contributed by atoms with Crippen molar-refractivity contribution in [2.75, 3.05) is 26.3 Å². The minimum atomic E-state index is -0.221. The number of rotatable bonds is 6. The molecular weight excluding hydrogens is 468 g/mol. The molecule has 0 radical (unpaired) electrons. The van der Waals surface area contributed by atoms with Crippen LogP contribution >= 0.6 is 15.9 Å². The average molecular weight is 495 g/mol. The fourth-order valence-electron chi connectivity index (χ4n) is 3.91. The van der Waals surface area contributed by atoms with Gasteiger partial charge in [0, 0.05) is 52.3 Å². The molecule has 0 spiro atoms. The molecular formula is C25H27BrN4O2. The molecule has 0 bridgehead atoms. The molecule has 1 amide bonds. The van der Waals surface area contributed by atoms with Crippen LogP contribution < -0.4 is 5.43 Å². The number of hydrogen-bond donors (Lipinski definition) is 1. The highest BCUT2D eigenvalue weighted by Crippen LogP contribution is 2.21. The number of carbonyl (C=O) groups is 1. The van der Waals surface area contributed by atoms with E-state index in [9.17, 15) is 4.79 Å². The Morgan fingerprint density at radius 1 is 1.09 bits per heavy atom. The first-order valence-electron chi connectivity index (χ1n) is 10.7. The molecule has 0 aliphatic carbocycles. The van der Waals surface area contributed by atoms with E-state index in [-0.39, 0.29) is 5.91 Å². The number of nitrogens with one attached hydrogen (secondary N) is 1. The quantitative estimate of drug-likeness (QED) is 0.406. The minimum absolute atomic E-state index is 0.221. The molecule has 1 fully saturated rings. The predicted octanol–water partition coefficient (Wildman–Crippen LogP) is 4.45. The van der Waals surface area contributed by atoms with Gasteiger partial charge in [0.1, 0.15) is 0 Å². The molecule has 0 saturated carbocycles. The van der Waals surface area contributed by atoms with Crippen molar-refractivity contribution >= 4 is 28.1 Å². The number of nitrogens with zero attached hydrogens (tertiary/aromatic N) is 3. The zero-order valence-corrected chi connectivity index (χ0v) is 19.9. The lowest BCUT2D eigenvalue weighted by molar-refractivity contribution is 0.0342. The van der Waals surface area contributed by atoms with Crippen LogP contribution in [0.4, 0.5) is 0 Å². The average Bonchev–Trinajstić information content (AvgIpc) is 3.08. The Hall–Kier alpha value is -2.74. The van der Waals surface area contributed by atoms with Gasteiger partial charge in [-0.25, -0.2) is 5.43 Å². The number of hydrogen-bond acceptors (Lipinski definition) is 4. The van der Waals surface area contributed by atoms with E-state index in [0.717, 1.165) is 60.0 Å². The molecule has 1 aliphatic rings. The number of aryl methyl sites for hydroxylation is 1. The topological polar surface area (TPSA) is 58.9 Å². The third-order valence-corrected chi connectivity index (χ3v) is 6.18. The van der Waals surface area contributed by atoms with Crippen LogP contribution in [-0.2, 0) is 11.3 Å². The zero-order chi connectivity index (χ0) is 22.5. The molecule has 32 heavy (non-hydrogen) atoms. The second kappa shape index (κ2) is 10.3. The number of amides is 1. The number of halogens is 1. The van der Waals surface area contributed by atoms with Crippen LogP contribution in [0, 0.1) is 13.8 Å². The number of carbonyl (C=O) groups excluding carboxylic acids is 1. The Kier molecular flexibility index (Phi) is 7.19. The molecule has 0 atom stereocenters. The van der Waals surface area contributed by atoms with Crippen molar-refractivity contribution in [1.29, 1.82) is 0 Å². The molecule has 1 aliphatic heterocycles. The summed E-state index contributed by atoms with van der Waals surface area (Å²) in [6.07, 6.45) is 1.70. The van der Waals surface area contributed by atoms with Gasteiger partial charge in [-0.15, -0.1) is 0 Å². The van der Waals surface area contributed by atoms with Gasteiger partial charge in [0.2, 0.25) is 0 Å². The van der Waals surface area contributed by atoms with E-state index < -0.39 is 0 Å². The van der Waals surface area contributed by atoms with Crippen LogP contribution in [0.3, 0.4) is 0 Å². The standard InChI is InChI=1S/C25H27BrN4O2/c1-18-15-22(19(2)30(18)24-9-7-23(26)8-10-24)16-27-28-25(31)21-5-3-20(4-6-21)17-29-11-13-32-14-12-29/h3-10,15-16H,11-14,17H2,1-2H3,(H,28,31)/b27-16-. The normalized spacial score (nSPS) is 14.7. The first-order chi connectivity index (χ1) is 15.5. The van der Waals surface area contributed by atoms with Gasteiger partial charge in [-0.3, -0.25) is 9.69 Å². The lowest BCUT2D eigenvalue weighted by Crippen LogP contribution is -2.35. The molecule has 0 unspecified atom stereocenters. The van der Waals surface area contributed by atoms with E-state index in [1.54, 1.807) is 6.21 Å². The maximum absolute atomic E-state index is 12.5. The van der Waals surface area contributed by atoms with Crippen molar-refractivity contribution in [3.8, 4) is 5.69 Å². The molecule has 2 heterocycles. The Morgan fingerprint density at radius 2 is 1.78 bits per heavy atom. The Morgan fingerprint density at radius 3 is 2.47 bits per heavy atom. The summed E-state index contributed by atoms with van der Waals surface area (Å²) in [5.41, 5.74) is 8.64. The first-order valence-corrected chi connectivity index (χ1v) is 11.5. The van der Waals surface area contributed by atoms with E-state index in [1.807, 2.05) is 43.3 Å². The largest absolute Gasteiger partial charge is 0.379 e. The Balaban J connectivity index is 1.38. The van der Waals surface area contributed by atoms with Crippen molar-refractivity contribution < 1.29 is 9.53 Å². The molecule has 6 nitrogen and oxygen atoms in total. The number of benzene rings is 2. The maximum atomic E-state index is 12.5. The van der Waals surface area contributed by atoms with E-state index in [4.69, 9.17) is 4.74 Å². The lowest BCUT2D eigenvalue weighted by Gasteiger charge is -2.26. The summed E-state index contributed by atoms with van der Waals surface area (Å²) in [5.74, 6) is -0.221. The second-order valence-electron chi connectivity index (χ2n) is 7.92. The fourth-order valence-corrected chi connectivity index (χ4v) is 4.17. The summed E-state index contributed by atoms with van der Waals surface area (Å²) >= 11 is 3.48. The fraction of sp³-hybridized carbons (Fsp3) is 0.280. The molecule has 7 heteroatoms. The van der Waals surface area contributed by atoms with Crippen LogP contribution in [0.1, 0.15) is 32.9 Å². The summed E-state index contributed by atoms with van der Waals surface area (Å²) in [5, 5.41) is 4.19. The number of aromatic nitrogens is 1. The summed E-state index contributed by atoms with van der Waals surface area (Å²) < 4.78 is 8.60. The summed E-state index contributed by atoms with van der Waals surface area (Å²) in [6, 6.07) is 17.9. The number of hydrazone groups is 1. The molecule has 1 saturated heterocycles. The van der Waals surface area contributed by atoms with E-state index in [2.05, 4.69) is 61.0 Å². The third-order valence-electron chi connectivity index (χ3n) is 5.65. The number of ether oxygens (including phenoxy) is 1. The molecule has 2 aromatic carbocycles. The molecule has 4 rings (SSSR count). The SMILES string of the molecule is Cc1cc(/C=N\NC(=O)c2ccc(CN3CCOCC3)cc2)c(C)n1-c1ccc(Br)cc1. The summed E-state index contributed by atoms with van der Waals surface area (Å²) in [7, 11) is 0. The minimum Gasteiger partial charge on any atom is -0.379 e. The van der Waals surface area contributed by atoms with Gasteiger partial charge in [0.25, 0.3) is 5.91 Å². The van der Waals surface area contributed by atoms with Crippen molar-refractivity contribution in [3.63, 3.8) is 0 Å². The van der Waals surface area contributed by atoms with Crippen LogP contribution in [0.15, 0.2) is 64.2 Å². The Labute approximate surface area is 197 Å². The van der Waals surface area contributed by atoms with Gasteiger partial charge in [-0.2, -0.15) is 5.10 Å². The Bertz CT molecular complexity index is 1100. The van der Waals surface area contributed by atoms with Gasteiger partial charge in [-0.1, -0.05) is 28.1 Å². The van der Waals surface area contributed by atoms with Crippen LogP contribution in [0.2, 0.25) is 0 Å². The van der Waals surface area contributed by atoms with E-state index in [0.29, 0.717) is 5.56 Å². The molecule has 1 N–H and O–H groups in total. The number of morpholine rings is 1. The first kappa shape index (κ1) is 22.5. The summed E-state index contributed by atoms with van der Waals surface area (Å²) in [4.78, 5) is 14.8. The highest BCUT2D eigenvalue weighted by atomic mass is 79.9. The summed E-state index contributed by atoms with van der Waals surface area (Å²) in [6.45, 7) is 8.43. The smallest absolute Gasteiger partial charge is 0.271 e. The maximum Gasteiger partial charge on any atom is 0.271 e. The monoisotopic (exact) mass is 494 g/mol. The highest BCUT2D eigenvalue weighted by molar-refractivity contribution is 9.10. The van der Waals surface area contributed by atoms with Gasteiger partial charge in [0.05, 0.1) is 19.4 Å². The van der Waals surface area contributed by atoms with Crippen LogP contribution in [0.5, 0.6) is 0 Å². The van der Waals surface area contributed by atoms with Crippen molar-refractivity contribution in [3.05, 3.63) is 87.1 Å². The molecule has 166 valence electrons. The molecule has 1 aromatic heterocycles. The van der Waals surface area contributed by atoms with E-state index >= 15 is 0 Å². The van der Waals surface area contributed by atoms with E-state index in [1.165, 1.54) is 5.56 Å². The zero-order valence-electron chi connectivity index (χ0n) is 18.3. The van der Waals surface area contributed by atoms with Gasteiger partial charge < -0.3 is 9.30 Å². The van der Waals surface area contributed by atoms with Crippen LogP contribution in [0.25, 0.3) is 5.69 Å². The van der Waals surface area contributed by atoms with Gasteiger partial charge in [0.15, 0.2) is 0 Å². The van der Waals surface area contributed by atoms with Gasteiger partial charge in [-0.05, 0) is 61.9 Å². The van der Waals surface area contributed by atoms with Crippen LogP contribution in [-0.4, -0.2) is 47.9 Å². The predicted molar refractivity (Wildman–Crippen MR) is 131 cm³/mol. The second-order valence-corrected chi connectivity index (χ2v) is 8.84. The van der Waals surface area contributed by atoms with Crippen molar-refractivity contribution in [1.82, 2.24) is 14.9 Å². The van der Waals surface area contributed by atoms with Crippen molar-refractivity contribution in [2.24, 2.45) is 5.10 Å². The lowest BCUT2D eigenvalue weighted by atomic mass is 10.1.